The number of hydrogen-bond donors (Lipinski definition) is 0. The predicted molar refractivity (Wildman–Crippen MR) is 71.6 cm³/mol. The number of nitrogens with zero attached hydrogens (tertiary/aromatic N) is 5. The van der Waals surface area contributed by atoms with Gasteiger partial charge in [0.2, 0.25) is 0 Å². The first kappa shape index (κ1) is 11.7. The summed E-state index contributed by atoms with van der Waals surface area (Å²) in [6.07, 6.45) is 5.65. The van der Waals surface area contributed by atoms with Gasteiger partial charge >= 0.3 is 0 Å². The molecule has 0 spiro atoms. The van der Waals surface area contributed by atoms with E-state index in [1.807, 2.05) is 31.5 Å². The van der Waals surface area contributed by atoms with E-state index in [0.29, 0.717) is 11.6 Å². The van der Waals surface area contributed by atoms with E-state index in [2.05, 4.69) is 19.4 Å². The molecule has 96 valence electrons. The van der Waals surface area contributed by atoms with E-state index in [0.717, 1.165) is 31.1 Å². The van der Waals surface area contributed by atoms with Gasteiger partial charge in [-0.05, 0) is 19.1 Å². The summed E-state index contributed by atoms with van der Waals surface area (Å²) in [5.41, 5.74) is 1.56. The van der Waals surface area contributed by atoms with Crippen molar-refractivity contribution in [3.8, 4) is 6.07 Å². The third-order valence-corrected chi connectivity index (χ3v) is 3.56. The Kier molecular flexibility index (Phi) is 2.92. The van der Waals surface area contributed by atoms with Crippen LogP contribution >= 0.6 is 0 Å². The van der Waals surface area contributed by atoms with Crippen LogP contribution in [-0.4, -0.2) is 27.6 Å². The Balaban J connectivity index is 1.57. The van der Waals surface area contributed by atoms with E-state index in [1.54, 1.807) is 12.3 Å². The Labute approximate surface area is 112 Å². The van der Waals surface area contributed by atoms with E-state index < -0.39 is 0 Å². The lowest BCUT2D eigenvalue weighted by Crippen LogP contribution is -2.48. The predicted octanol–water partition coefficient (Wildman–Crippen LogP) is 1.59. The summed E-state index contributed by atoms with van der Waals surface area (Å²) < 4.78 is 2.19. The van der Waals surface area contributed by atoms with Crippen LogP contribution in [0, 0.1) is 24.2 Å². The van der Waals surface area contributed by atoms with Crippen LogP contribution in [0.1, 0.15) is 11.5 Å². The van der Waals surface area contributed by atoms with Crippen molar-refractivity contribution in [1.82, 2.24) is 14.5 Å². The van der Waals surface area contributed by atoms with Crippen molar-refractivity contribution in [3.63, 3.8) is 0 Å². The van der Waals surface area contributed by atoms with Crippen molar-refractivity contribution in [3.05, 3.63) is 42.2 Å². The topological polar surface area (TPSA) is 57.7 Å². The molecule has 3 rings (SSSR count). The second-order valence-corrected chi connectivity index (χ2v) is 4.91. The first-order chi connectivity index (χ1) is 9.26. The fourth-order valence-electron chi connectivity index (χ4n) is 2.41. The summed E-state index contributed by atoms with van der Waals surface area (Å²) in [7, 11) is 0. The van der Waals surface area contributed by atoms with Crippen molar-refractivity contribution in [2.75, 3.05) is 18.0 Å². The van der Waals surface area contributed by atoms with E-state index >= 15 is 0 Å². The largest absolute Gasteiger partial charge is 0.369 e. The summed E-state index contributed by atoms with van der Waals surface area (Å²) in [6.45, 7) is 5.11. The first-order valence-electron chi connectivity index (χ1n) is 6.35. The number of rotatable bonds is 3. The Morgan fingerprint density at radius 1 is 1.37 bits per heavy atom. The highest BCUT2D eigenvalue weighted by molar-refractivity contribution is 5.48. The molecule has 0 amide bonds. The molecule has 0 N–H and O–H groups in total. The molecule has 2 aromatic heterocycles. The van der Waals surface area contributed by atoms with Gasteiger partial charge in [0, 0.05) is 37.9 Å². The molecule has 1 aliphatic heterocycles. The number of imidazole rings is 1. The molecule has 5 heteroatoms. The zero-order valence-corrected chi connectivity index (χ0v) is 10.8. The molecule has 0 atom stereocenters. The van der Waals surface area contributed by atoms with Crippen LogP contribution in [0.2, 0.25) is 0 Å². The smallest absolute Gasteiger partial charge is 0.140 e. The molecule has 0 bridgehead atoms. The van der Waals surface area contributed by atoms with Crippen molar-refractivity contribution in [2.45, 2.75) is 13.5 Å². The molecular weight excluding hydrogens is 238 g/mol. The number of aromatic nitrogens is 3. The van der Waals surface area contributed by atoms with Gasteiger partial charge in [-0.2, -0.15) is 5.26 Å². The minimum absolute atomic E-state index is 0.467. The quantitative estimate of drug-likeness (QED) is 0.833. The molecule has 19 heavy (non-hydrogen) atoms. The standard InChI is InChI=1S/C14H15N5/c1-11-16-4-5-18(11)8-12-9-19(10-12)14-3-2-13(6-15)17-7-14/h2-5,7,12H,8-10H2,1H3. The van der Waals surface area contributed by atoms with Crippen LogP contribution in [0.25, 0.3) is 0 Å². The average Bonchev–Trinajstić information content (AvgIpc) is 2.79. The lowest BCUT2D eigenvalue weighted by molar-refractivity contribution is 0.354. The molecule has 3 heterocycles. The van der Waals surface area contributed by atoms with Crippen molar-refractivity contribution >= 4 is 5.69 Å². The van der Waals surface area contributed by atoms with Gasteiger partial charge in [-0.15, -0.1) is 0 Å². The maximum atomic E-state index is 8.72. The number of aryl methyl sites for hydroxylation is 1. The van der Waals surface area contributed by atoms with E-state index in [9.17, 15) is 0 Å². The van der Waals surface area contributed by atoms with Gasteiger partial charge in [0.15, 0.2) is 0 Å². The molecule has 0 aromatic carbocycles. The molecule has 1 fully saturated rings. The maximum Gasteiger partial charge on any atom is 0.140 e. The fourth-order valence-corrected chi connectivity index (χ4v) is 2.41. The summed E-state index contributed by atoms with van der Waals surface area (Å²) in [5.74, 6) is 1.72. The van der Waals surface area contributed by atoms with Crippen molar-refractivity contribution < 1.29 is 0 Å². The molecule has 1 saturated heterocycles. The minimum atomic E-state index is 0.467. The Morgan fingerprint density at radius 3 is 2.79 bits per heavy atom. The highest BCUT2D eigenvalue weighted by atomic mass is 15.2. The van der Waals surface area contributed by atoms with Gasteiger partial charge in [-0.3, -0.25) is 0 Å². The van der Waals surface area contributed by atoms with E-state index in [4.69, 9.17) is 5.26 Å². The van der Waals surface area contributed by atoms with Crippen LogP contribution in [0.5, 0.6) is 0 Å². The third-order valence-electron chi connectivity index (χ3n) is 3.56. The van der Waals surface area contributed by atoms with Crippen molar-refractivity contribution in [1.29, 1.82) is 5.26 Å². The molecular formula is C14H15N5. The molecule has 0 aliphatic carbocycles. The molecule has 0 unspecified atom stereocenters. The Hall–Kier alpha value is -2.35. The fraction of sp³-hybridized carbons (Fsp3) is 0.357. The second-order valence-electron chi connectivity index (χ2n) is 4.91. The molecule has 5 nitrogen and oxygen atoms in total. The van der Waals surface area contributed by atoms with Crippen LogP contribution in [-0.2, 0) is 6.54 Å². The van der Waals surface area contributed by atoms with Gasteiger partial charge in [0.25, 0.3) is 0 Å². The number of pyridine rings is 1. The molecule has 0 saturated carbocycles. The second kappa shape index (κ2) is 4.73. The third kappa shape index (κ3) is 2.29. The maximum absolute atomic E-state index is 8.72. The Bertz CT molecular complexity index is 602. The first-order valence-corrected chi connectivity index (χ1v) is 6.35. The van der Waals surface area contributed by atoms with Gasteiger partial charge in [0.1, 0.15) is 17.6 Å². The monoisotopic (exact) mass is 253 g/mol. The summed E-state index contributed by atoms with van der Waals surface area (Å²) in [5, 5.41) is 8.72. The van der Waals surface area contributed by atoms with E-state index in [1.165, 1.54) is 0 Å². The minimum Gasteiger partial charge on any atom is -0.369 e. The zero-order chi connectivity index (χ0) is 13.2. The molecule has 0 radical (unpaired) electrons. The lowest BCUT2D eigenvalue weighted by atomic mass is 9.99. The lowest BCUT2D eigenvalue weighted by Gasteiger charge is -2.41. The Morgan fingerprint density at radius 2 is 2.21 bits per heavy atom. The van der Waals surface area contributed by atoms with E-state index in [-0.39, 0.29) is 0 Å². The number of nitriles is 1. The highest BCUT2D eigenvalue weighted by Gasteiger charge is 2.27. The van der Waals surface area contributed by atoms with Crippen LogP contribution in [0.4, 0.5) is 5.69 Å². The SMILES string of the molecule is Cc1nccn1CC1CN(c2ccc(C#N)nc2)C1. The van der Waals surface area contributed by atoms with Gasteiger partial charge in [-0.1, -0.05) is 0 Å². The molecule has 2 aromatic rings. The molecule has 1 aliphatic rings. The number of anilines is 1. The van der Waals surface area contributed by atoms with Gasteiger partial charge < -0.3 is 9.47 Å². The van der Waals surface area contributed by atoms with Crippen LogP contribution in [0.3, 0.4) is 0 Å². The highest BCUT2D eigenvalue weighted by Crippen LogP contribution is 2.25. The van der Waals surface area contributed by atoms with Crippen molar-refractivity contribution in [2.24, 2.45) is 5.92 Å². The summed E-state index contributed by atoms with van der Waals surface area (Å²) >= 11 is 0. The van der Waals surface area contributed by atoms with Gasteiger partial charge in [-0.25, -0.2) is 9.97 Å². The van der Waals surface area contributed by atoms with Crippen LogP contribution < -0.4 is 4.90 Å². The average molecular weight is 253 g/mol. The number of hydrogen-bond acceptors (Lipinski definition) is 4. The normalized spacial score (nSPS) is 15.1. The van der Waals surface area contributed by atoms with Crippen LogP contribution in [0.15, 0.2) is 30.7 Å². The zero-order valence-electron chi connectivity index (χ0n) is 10.8. The summed E-state index contributed by atoms with van der Waals surface area (Å²) in [4.78, 5) is 10.6. The summed E-state index contributed by atoms with van der Waals surface area (Å²) in [6, 6.07) is 5.76. The van der Waals surface area contributed by atoms with Gasteiger partial charge in [0.05, 0.1) is 11.9 Å².